The maximum Gasteiger partial charge on any atom is 0.409 e. The van der Waals surface area contributed by atoms with E-state index >= 15 is 0 Å². The number of amides is 1. The molecule has 0 aromatic carbocycles. The largest absolute Gasteiger partial charge is 0.449 e. The number of ether oxygens (including phenoxy) is 1. The molecule has 17 heavy (non-hydrogen) atoms. The third-order valence-electron chi connectivity index (χ3n) is 3.02. The molecule has 0 bridgehead atoms. The van der Waals surface area contributed by atoms with Crippen molar-refractivity contribution in [3.05, 3.63) is 0 Å². The van der Waals surface area contributed by atoms with Crippen molar-refractivity contribution in [2.75, 3.05) is 53.9 Å². The Morgan fingerprint density at radius 2 is 2.29 bits per heavy atom. The molecule has 0 radical (unpaired) electrons. The topological polar surface area (TPSA) is 44.8 Å². The van der Waals surface area contributed by atoms with Crippen LogP contribution >= 0.6 is 0 Å². The lowest BCUT2D eigenvalue weighted by Crippen LogP contribution is -2.44. The van der Waals surface area contributed by atoms with Crippen LogP contribution in [0.2, 0.25) is 0 Å². The van der Waals surface area contributed by atoms with Gasteiger partial charge in [-0.2, -0.15) is 0 Å². The first-order valence-electron chi connectivity index (χ1n) is 6.34. The Balaban J connectivity index is 2.27. The van der Waals surface area contributed by atoms with E-state index < -0.39 is 0 Å². The van der Waals surface area contributed by atoms with E-state index in [-0.39, 0.29) is 6.09 Å². The van der Waals surface area contributed by atoms with Gasteiger partial charge in [0.05, 0.1) is 6.61 Å². The summed E-state index contributed by atoms with van der Waals surface area (Å²) in [6.45, 7) is 4.20. The van der Waals surface area contributed by atoms with Gasteiger partial charge in [-0.15, -0.1) is 0 Å². The van der Waals surface area contributed by atoms with E-state index in [4.69, 9.17) is 4.74 Å². The van der Waals surface area contributed by atoms with Gasteiger partial charge < -0.3 is 19.9 Å². The van der Waals surface area contributed by atoms with Crippen LogP contribution in [-0.2, 0) is 4.74 Å². The molecule has 5 heteroatoms. The number of carbonyl (C=O) groups is 1. The van der Waals surface area contributed by atoms with Crippen molar-refractivity contribution in [2.45, 2.75) is 12.8 Å². The number of cyclic esters (lactones) is 1. The van der Waals surface area contributed by atoms with E-state index in [0.29, 0.717) is 12.5 Å². The summed E-state index contributed by atoms with van der Waals surface area (Å²) in [6.07, 6.45) is 1.92. The second-order valence-electron chi connectivity index (χ2n) is 4.94. The van der Waals surface area contributed by atoms with Gasteiger partial charge in [0.15, 0.2) is 0 Å². The molecule has 1 unspecified atom stereocenters. The van der Waals surface area contributed by atoms with Gasteiger partial charge in [0.1, 0.15) is 0 Å². The Morgan fingerprint density at radius 3 is 2.94 bits per heavy atom. The summed E-state index contributed by atoms with van der Waals surface area (Å²) in [4.78, 5) is 15.5. The third-order valence-corrected chi connectivity index (χ3v) is 3.02. The number of nitrogens with one attached hydrogen (secondary N) is 1. The van der Waals surface area contributed by atoms with Crippen LogP contribution < -0.4 is 5.32 Å². The number of nitrogens with zero attached hydrogens (tertiary/aromatic N) is 2. The summed E-state index contributed by atoms with van der Waals surface area (Å²) in [5.41, 5.74) is 0. The number of hydrogen-bond acceptors (Lipinski definition) is 4. The van der Waals surface area contributed by atoms with Crippen molar-refractivity contribution in [1.82, 2.24) is 15.1 Å². The van der Waals surface area contributed by atoms with Crippen LogP contribution in [0.3, 0.4) is 0 Å². The average molecular weight is 243 g/mol. The van der Waals surface area contributed by atoms with Crippen LogP contribution in [0.4, 0.5) is 4.79 Å². The summed E-state index contributed by atoms with van der Waals surface area (Å²) in [7, 11) is 6.04. The zero-order valence-corrected chi connectivity index (χ0v) is 11.2. The molecule has 1 rings (SSSR count). The van der Waals surface area contributed by atoms with E-state index in [1.807, 2.05) is 26.0 Å². The van der Waals surface area contributed by atoms with Crippen LogP contribution in [0.25, 0.3) is 0 Å². The van der Waals surface area contributed by atoms with Gasteiger partial charge in [-0.3, -0.25) is 0 Å². The minimum Gasteiger partial charge on any atom is -0.449 e. The minimum absolute atomic E-state index is 0.149. The van der Waals surface area contributed by atoms with Crippen molar-refractivity contribution in [3.8, 4) is 0 Å². The first kappa shape index (κ1) is 14.3. The van der Waals surface area contributed by atoms with E-state index in [0.717, 1.165) is 39.0 Å². The quantitative estimate of drug-likeness (QED) is 0.712. The maximum absolute atomic E-state index is 11.6. The Kier molecular flexibility index (Phi) is 6.29. The molecule has 5 nitrogen and oxygen atoms in total. The fourth-order valence-corrected chi connectivity index (χ4v) is 2.00. The van der Waals surface area contributed by atoms with Crippen LogP contribution in [-0.4, -0.2) is 69.8 Å². The normalized spacial score (nSPS) is 20.8. The number of rotatable bonds is 7. The minimum atomic E-state index is -0.149. The average Bonchev–Trinajstić information content (AvgIpc) is 2.29. The molecule has 0 saturated carbocycles. The smallest absolute Gasteiger partial charge is 0.409 e. The van der Waals surface area contributed by atoms with Crippen molar-refractivity contribution < 1.29 is 9.53 Å². The SMILES string of the molecule is CNCCC1COC(=O)N(CCCN(C)C)C1. The molecule has 1 aliphatic heterocycles. The molecule has 0 aromatic rings. The highest BCUT2D eigenvalue weighted by atomic mass is 16.6. The molecular formula is C12H25N3O2. The van der Waals surface area contributed by atoms with Crippen molar-refractivity contribution in [2.24, 2.45) is 5.92 Å². The molecule has 1 N–H and O–H groups in total. The lowest BCUT2D eigenvalue weighted by Gasteiger charge is -2.32. The molecule has 1 aliphatic rings. The number of carbonyl (C=O) groups excluding carboxylic acids is 1. The van der Waals surface area contributed by atoms with Gasteiger partial charge in [0.25, 0.3) is 0 Å². The lowest BCUT2D eigenvalue weighted by molar-refractivity contribution is 0.0400. The van der Waals surface area contributed by atoms with Crippen molar-refractivity contribution in [1.29, 1.82) is 0 Å². The molecule has 0 spiro atoms. The zero-order chi connectivity index (χ0) is 12.7. The molecule has 0 aliphatic carbocycles. The summed E-state index contributed by atoms with van der Waals surface area (Å²) in [6, 6.07) is 0. The monoisotopic (exact) mass is 243 g/mol. The molecule has 0 aromatic heterocycles. The predicted molar refractivity (Wildman–Crippen MR) is 68.1 cm³/mol. The third kappa shape index (κ3) is 5.37. The lowest BCUT2D eigenvalue weighted by atomic mass is 10.1. The van der Waals surface area contributed by atoms with E-state index in [1.54, 1.807) is 0 Å². The molecular weight excluding hydrogens is 218 g/mol. The Hall–Kier alpha value is -0.810. The summed E-state index contributed by atoms with van der Waals surface area (Å²) in [5, 5.41) is 3.13. The summed E-state index contributed by atoms with van der Waals surface area (Å²) in [5.74, 6) is 0.472. The fourth-order valence-electron chi connectivity index (χ4n) is 2.00. The highest BCUT2D eigenvalue weighted by molar-refractivity contribution is 5.68. The van der Waals surface area contributed by atoms with Crippen LogP contribution in [0.15, 0.2) is 0 Å². The molecule has 1 saturated heterocycles. The Bertz CT molecular complexity index is 234. The standard InChI is InChI=1S/C12H25N3O2/c1-13-6-5-11-9-15(12(16)17-10-11)8-4-7-14(2)3/h11,13H,4-10H2,1-3H3. The first-order valence-corrected chi connectivity index (χ1v) is 6.34. The van der Waals surface area contributed by atoms with Gasteiger partial charge in [-0.05, 0) is 47.1 Å². The van der Waals surface area contributed by atoms with Gasteiger partial charge >= 0.3 is 6.09 Å². The molecule has 1 fully saturated rings. The van der Waals surface area contributed by atoms with Crippen LogP contribution in [0.5, 0.6) is 0 Å². The molecule has 100 valence electrons. The molecule has 1 atom stereocenters. The van der Waals surface area contributed by atoms with Gasteiger partial charge in [0.2, 0.25) is 0 Å². The van der Waals surface area contributed by atoms with Gasteiger partial charge in [-0.25, -0.2) is 4.79 Å². The van der Waals surface area contributed by atoms with Gasteiger partial charge in [0, 0.05) is 19.0 Å². The Labute approximate surface area is 104 Å². The van der Waals surface area contributed by atoms with Crippen molar-refractivity contribution >= 4 is 6.09 Å². The fraction of sp³-hybridized carbons (Fsp3) is 0.917. The highest BCUT2D eigenvalue weighted by Gasteiger charge is 2.26. The first-order chi connectivity index (χ1) is 8.13. The van der Waals surface area contributed by atoms with Crippen LogP contribution in [0.1, 0.15) is 12.8 Å². The summed E-state index contributed by atoms with van der Waals surface area (Å²) < 4.78 is 5.20. The van der Waals surface area contributed by atoms with Crippen LogP contribution in [0, 0.1) is 5.92 Å². The molecule has 1 heterocycles. The van der Waals surface area contributed by atoms with E-state index in [1.165, 1.54) is 0 Å². The number of hydrogen-bond donors (Lipinski definition) is 1. The van der Waals surface area contributed by atoms with E-state index in [9.17, 15) is 4.79 Å². The second-order valence-corrected chi connectivity index (χ2v) is 4.94. The van der Waals surface area contributed by atoms with Crippen molar-refractivity contribution in [3.63, 3.8) is 0 Å². The zero-order valence-electron chi connectivity index (χ0n) is 11.2. The summed E-state index contributed by atoms with van der Waals surface area (Å²) >= 11 is 0. The highest BCUT2D eigenvalue weighted by Crippen LogP contribution is 2.14. The molecule has 1 amide bonds. The van der Waals surface area contributed by atoms with Gasteiger partial charge in [-0.1, -0.05) is 0 Å². The second kappa shape index (κ2) is 7.50. The maximum atomic E-state index is 11.6. The predicted octanol–water partition coefficient (Wildman–Crippen LogP) is 0.616. The van der Waals surface area contributed by atoms with E-state index in [2.05, 4.69) is 10.2 Å². The Morgan fingerprint density at radius 1 is 1.53 bits per heavy atom.